The van der Waals surface area contributed by atoms with Crippen LogP contribution < -0.4 is 0 Å². The second kappa shape index (κ2) is 6.42. The second-order valence-corrected chi connectivity index (χ2v) is 5.48. The summed E-state index contributed by atoms with van der Waals surface area (Å²) in [4.78, 5) is 12.7. The summed E-state index contributed by atoms with van der Waals surface area (Å²) in [6, 6.07) is 20.6. The van der Waals surface area contributed by atoms with Crippen LogP contribution in [-0.4, -0.2) is 15.0 Å². The molecule has 0 spiro atoms. The number of hydrogen-bond acceptors (Lipinski definition) is 3. The highest BCUT2D eigenvalue weighted by molar-refractivity contribution is 5.74. The van der Waals surface area contributed by atoms with Gasteiger partial charge in [0.1, 0.15) is 0 Å². The Hall–Kier alpha value is -3.33. The van der Waals surface area contributed by atoms with Crippen molar-refractivity contribution in [1.29, 1.82) is 0 Å². The molecule has 3 heteroatoms. The van der Waals surface area contributed by atoms with Crippen molar-refractivity contribution in [1.82, 2.24) is 15.0 Å². The van der Waals surface area contributed by atoms with Crippen molar-refractivity contribution in [2.75, 3.05) is 0 Å². The molecule has 0 fully saturated rings. The summed E-state index contributed by atoms with van der Waals surface area (Å²) in [5.74, 6) is 0. The van der Waals surface area contributed by atoms with Crippen molar-refractivity contribution >= 4 is 0 Å². The predicted octanol–water partition coefficient (Wildman–Crippen LogP) is 4.87. The lowest BCUT2D eigenvalue weighted by Crippen LogP contribution is -1.87. The van der Waals surface area contributed by atoms with E-state index in [1.54, 1.807) is 12.4 Å². The summed E-state index contributed by atoms with van der Waals surface area (Å²) in [6.07, 6.45) is 9.08. The highest BCUT2D eigenvalue weighted by Gasteiger charge is 2.05. The molecule has 0 radical (unpaired) electrons. The van der Waals surface area contributed by atoms with Crippen LogP contribution in [0.3, 0.4) is 0 Å². The Labute approximate surface area is 140 Å². The van der Waals surface area contributed by atoms with Crippen LogP contribution in [0.15, 0.2) is 91.6 Å². The average Bonchev–Trinajstić information content (AvgIpc) is 2.70. The van der Waals surface area contributed by atoms with Gasteiger partial charge in [-0.1, -0.05) is 18.2 Å². The van der Waals surface area contributed by atoms with Crippen LogP contribution in [0.25, 0.3) is 33.5 Å². The van der Waals surface area contributed by atoms with Gasteiger partial charge in [0, 0.05) is 36.5 Å². The molecule has 0 N–H and O–H groups in total. The summed E-state index contributed by atoms with van der Waals surface area (Å²) < 4.78 is 0. The van der Waals surface area contributed by atoms with Crippen molar-refractivity contribution in [3.05, 3.63) is 91.6 Å². The number of rotatable bonds is 3. The fourth-order valence-corrected chi connectivity index (χ4v) is 2.71. The normalized spacial score (nSPS) is 10.5. The van der Waals surface area contributed by atoms with Gasteiger partial charge in [0.15, 0.2) is 0 Å². The minimum Gasteiger partial charge on any atom is -0.265 e. The van der Waals surface area contributed by atoms with Gasteiger partial charge in [-0.25, -0.2) is 0 Å². The largest absolute Gasteiger partial charge is 0.265 e. The van der Waals surface area contributed by atoms with E-state index in [9.17, 15) is 0 Å². The molecule has 0 atom stereocenters. The Bertz CT molecular complexity index is 870. The minimum absolute atomic E-state index is 0.959. The van der Waals surface area contributed by atoms with Crippen molar-refractivity contribution < 1.29 is 0 Å². The minimum atomic E-state index is 0.959. The third kappa shape index (κ3) is 2.92. The highest BCUT2D eigenvalue weighted by Crippen LogP contribution is 2.27. The number of aromatic nitrogens is 3. The second-order valence-electron chi connectivity index (χ2n) is 5.48. The van der Waals surface area contributed by atoms with Gasteiger partial charge < -0.3 is 0 Å². The van der Waals surface area contributed by atoms with E-state index in [0.29, 0.717) is 0 Å². The van der Waals surface area contributed by atoms with E-state index in [1.807, 2.05) is 48.9 Å². The van der Waals surface area contributed by atoms with Gasteiger partial charge >= 0.3 is 0 Å². The fraction of sp³-hybridized carbons (Fsp3) is 0. The van der Waals surface area contributed by atoms with Gasteiger partial charge in [0.05, 0.1) is 5.69 Å². The quantitative estimate of drug-likeness (QED) is 0.542. The molecule has 0 saturated carbocycles. The Morgan fingerprint density at radius 1 is 0.458 bits per heavy atom. The van der Waals surface area contributed by atoms with Crippen molar-refractivity contribution in [3.8, 4) is 33.5 Å². The first-order valence-electron chi connectivity index (χ1n) is 7.77. The zero-order valence-corrected chi connectivity index (χ0v) is 13.0. The zero-order chi connectivity index (χ0) is 16.2. The Morgan fingerprint density at radius 3 is 1.67 bits per heavy atom. The number of pyridine rings is 3. The summed E-state index contributed by atoms with van der Waals surface area (Å²) in [5.41, 5.74) is 6.64. The SMILES string of the molecule is c1cc(-c2ccncc2)cc(-c2cc(-c3ccncc3)ccn2)c1. The lowest BCUT2D eigenvalue weighted by molar-refractivity contribution is 1.31. The summed E-state index contributed by atoms with van der Waals surface area (Å²) >= 11 is 0. The maximum atomic E-state index is 4.54. The standard InChI is InChI=1S/C21H15N3/c1-2-18(16-4-9-22-10-5-16)14-20(3-1)21-15-19(8-13-24-21)17-6-11-23-12-7-17/h1-15H. The first kappa shape index (κ1) is 14.3. The monoisotopic (exact) mass is 309 g/mol. The molecule has 0 amide bonds. The van der Waals surface area contributed by atoms with Crippen LogP contribution in [0.1, 0.15) is 0 Å². The summed E-state index contributed by atoms with van der Waals surface area (Å²) in [6.45, 7) is 0. The average molecular weight is 309 g/mol. The zero-order valence-electron chi connectivity index (χ0n) is 13.0. The highest BCUT2D eigenvalue weighted by atomic mass is 14.7. The molecule has 0 aliphatic carbocycles. The lowest BCUT2D eigenvalue weighted by Gasteiger charge is -2.07. The van der Waals surface area contributed by atoms with Crippen LogP contribution in [0, 0.1) is 0 Å². The molecule has 0 aliphatic heterocycles. The van der Waals surface area contributed by atoms with E-state index in [4.69, 9.17) is 0 Å². The molecule has 3 heterocycles. The number of benzene rings is 1. The fourth-order valence-electron chi connectivity index (χ4n) is 2.71. The summed E-state index contributed by atoms with van der Waals surface area (Å²) in [5, 5.41) is 0. The molecule has 114 valence electrons. The molecule has 0 unspecified atom stereocenters. The summed E-state index contributed by atoms with van der Waals surface area (Å²) in [7, 11) is 0. The third-order valence-corrected chi connectivity index (χ3v) is 3.95. The first-order chi connectivity index (χ1) is 11.9. The maximum absolute atomic E-state index is 4.54. The van der Waals surface area contributed by atoms with E-state index < -0.39 is 0 Å². The third-order valence-electron chi connectivity index (χ3n) is 3.95. The molecule has 4 rings (SSSR count). The lowest BCUT2D eigenvalue weighted by atomic mass is 10.0. The predicted molar refractivity (Wildman–Crippen MR) is 96.1 cm³/mol. The maximum Gasteiger partial charge on any atom is 0.0708 e. The van der Waals surface area contributed by atoms with Crippen LogP contribution >= 0.6 is 0 Å². The van der Waals surface area contributed by atoms with Gasteiger partial charge in [-0.15, -0.1) is 0 Å². The molecule has 1 aromatic carbocycles. The van der Waals surface area contributed by atoms with E-state index in [2.05, 4.69) is 45.3 Å². The number of nitrogens with zero attached hydrogens (tertiary/aromatic N) is 3. The van der Waals surface area contributed by atoms with Crippen molar-refractivity contribution in [2.45, 2.75) is 0 Å². The van der Waals surface area contributed by atoms with Crippen LogP contribution in [0.4, 0.5) is 0 Å². The van der Waals surface area contributed by atoms with E-state index in [0.717, 1.165) is 33.5 Å². The van der Waals surface area contributed by atoms with E-state index in [1.165, 1.54) is 0 Å². The van der Waals surface area contributed by atoms with Crippen molar-refractivity contribution in [3.63, 3.8) is 0 Å². The Morgan fingerprint density at radius 2 is 1.00 bits per heavy atom. The van der Waals surface area contributed by atoms with Crippen molar-refractivity contribution in [2.24, 2.45) is 0 Å². The van der Waals surface area contributed by atoms with Gasteiger partial charge in [-0.05, 0) is 64.7 Å². The topological polar surface area (TPSA) is 38.7 Å². The van der Waals surface area contributed by atoms with E-state index in [-0.39, 0.29) is 0 Å². The van der Waals surface area contributed by atoms with Gasteiger partial charge in [0.25, 0.3) is 0 Å². The molecular weight excluding hydrogens is 294 g/mol. The van der Waals surface area contributed by atoms with E-state index >= 15 is 0 Å². The molecule has 3 aromatic heterocycles. The molecule has 4 aromatic rings. The molecule has 3 nitrogen and oxygen atoms in total. The smallest absolute Gasteiger partial charge is 0.0708 e. The van der Waals surface area contributed by atoms with Gasteiger partial charge in [-0.2, -0.15) is 0 Å². The van der Waals surface area contributed by atoms with Gasteiger partial charge in [-0.3, -0.25) is 15.0 Å². The first-order valence-corrected chi connectivity index (χ1v) is 7.77. The molecule has 0 saturated heterocycles. The Kier molecular flexibility index (Phi) is 3.82. The Balaban J connectivity index is 1.75. The number of hydrogen-bond donors (Lipinski definition) is 0. The molecule has 0 aliphatic rings. The van der Waals surface area contributed by atoms with Crippen LogP contribution in [0.2, 0.25) is 0 Å². The molecule has 24 heavy (non-hydrogen) atoms. The van der Waals surface area contributed by atoms with Crippen LogP contribution in [-0.2, 0) is 0 Å². The van der Waals surface area contributed by atoms with Crippen LogP contribution in [0.5, 0.6) is 0 Å². The van der Waals surface area contributed by atoms with Gasteiger partial charge in [0.2, 0.25) is 0 Å². The molecule has 0 bridgehead atoms. The molecular formula is C21H15N3.